The van der Waals surface area contributed by atoms with Crippen LogP contribution in [-0.4, -0.2) is 28.2 Å². The third kappa shape index (κ3) is 3.14. The number of rotatable bonds is 7. The SMILES string of the molecule is COc1ccc(C2(C(=S)NCCCn3ccnc3)CC2)cc1. The first kappa shape index (κ1) is 15.0. The fourth-order valence-electron chi connectivity index (χ4n) is 2.73. The Balaban J connectivity index is 1.52. The van der Waals surface area contributed by atoms with E-state index in [1.54, 1.807) is 13.3 Å². The number of aryl methyl sites for hydroxylation is 1. The average molecular weight is 315 g/mol. The zero-order valence-electron chi connectivity index (χ0n) is 12.8. The zero-order valence-corrected chi connectivity index (χ0v) is 13.6. The lowest BCUT2D eigenvalue weighted by atomic mass is 9.95. The van der Waals surface area contributed by atoms with Gasteiger partial charge in [-0.1, -0.05) is 24.4 Å². The molecule has 0 atom stereocenters. The van der Waals surface area contributed by atoms with Crippen LogP contribution in [0.2, 0.25) is 0 Å². The van der Waals surface area contributed by atoms with E-state index in [1.165, 1.54) is 5.56 Å². The second-order valence-electron chi connectivity index (χ2n) is 5.72. The highest BCUT2D eigenvalue weighted by Gasteiger charge is 2.48. The Kier molecular flexibility index (Phi) is 4.43. The number of ether oxygens (including phenoxy) is 1. The summed E-state index contributed by atoms with van der Waals surface area (Å²) in [6.07, 6.45) is 8.94. The molecule has 0 bridgehead atoms. The first-order valence-corrected chi connectivity index (χ1v) is 8.04. The minimum atomic E-state index is 0.0522. The number of nitrogens with zero attached hydrogens (tertiary/aromatic N) is 2. The summed E-state index contributed by atoms with van der Waals surface area (Å²) < 4.78 is 7.31. The molecular weight excluding hydrogens is 294 g/mol. The maximum absolute atomic E-state index is 5.65. The highest BCUT2D eigenvalue weighted by atomic mass is 32.1. The zero-order chi connectivity index (χ0) is 15.4. The molecule has 1 aliphatic carbocycles. The molecule has 1 fully saturated rings. The molecule has 0 amide bonds. The Morgan fingerprint density at radius 2 is 2.14 bits per heavy atom. The van der Waals surface area contributed by atoms with E-state index in [1.807, 2.05) is 24.7 Å². The highest BCUT2D eigenvalue weighted by Crippen LogP contribution is 2.49. The Bertz CT molecular complexity index is 618. The van der Waals surface area contributed by atoms with E-state index in [2.05, 4.69) is 27.0 Å². The molecule has 1 saturated carbocycles. The molecule has 0 aliphatic heterocycles. The van der Waals surface area contributed by atoms with Crippen LogP contribution >= 0.6 is 12.2 Å². The largest absolute Gasteiger partial charge is 0.497 e. The first-order valence-electron chi connectivity index (χ1n) is 7.63. The van der Waals surface area contributed by atoms with Crippen molar-refractivity contribution in [3.63, 3.8) is 0 Å². The molecule has 1 aliphatic rings. The van der Waals surface area contributed by atoms with Gasteiger partial charge in [-0.05, 0) is 37.0 Å². The topological polar surface area (TPSA) is 39.1 Å². The van der Waals surface area contributed by atoms with Crippen molar-refractivity contribution in [3.05, 3.63) is 48.5 Å². The summed E-state index contributed by atoms with van der Waals surface area (Å²) in [4.78, 5) is 5.02. The van der Waals surface area contributed by atoms with Crippen LogP contribution in [-0.2, 0) is 12.0 Å². The first-order chi connectivity index (χ1) is 10.7. The van der Waals surface area contributed by atoms with Gasteiger partial charge in [-0.2, -0.15) is 0 Å². The lowest BCUT2D eigenvalue weighted by Gasteiger charge is -2.19. The quantitative estimate of drug-likeness (QED) is 0.630. The van der Waals surface area contributed by atoms with Crippen molar-refractivity contribution in [1.82, 2.24) is 14.9 Å². The number of nitrogens with one attached hydrogen (secondary N) is 1. The molecule has 116 valence electrons. The lowest BCUT2D eigenvalue weighted by Crippen LogP contribution is -2.34. The van der Waals surface area contributed by atoms with E-state index in [9.17, 15) is 0 Å². The lowest BCUT2D eigenvalue weighted by molar-refractivity contribution is 0.414. The van der Waals surface area contributed by atoms with Crippen LogP contribution in [0, 0.1) is 0 Å². The molecule has 5 heteroatoms. The average Bonchev–Trinajstić information content (AvgIpc) is 3.21. The Labute approximate surface area is 136 Å². The van der Waals surface area contributed by atoms with Crippen LogP contribution in [0.4, 0.5) is 0 Å². The molecule has 1 heterocycles. The van der Waals surface area contributed by atoms with Gasteiger partial charge in [0.05, 0.1) is 18.4 Å². The number of hydrogen-bond donors (Lipinski definition) is 1. The number of methoxy groups -OCH3 is 1. The fourth-order valence-corrected chi connectivity index (χ4v) is 3.16. The standard InChI is InChI=1S/C17H21N3OS/c1-21-15-5-3-14(4-6-15)17(7-8-17)16(22)19-9-2-11-20-12-10-18-13-20/h3-6,10,12-13H,2,7-9,11H2,1H3,(H,19,22). The molecule has 1 N–H and O–H groups in total. The predicted molar refractivity (Wildman–Crippen MR) is 91.4 cm³/mol. The number of benzene rings is 1. The van der Waals surface area contributed by atoms with Crippen molar-refractivity contribution < 1.29 is 4.74 Å². The van der Waals surface area contributed by atoms with Crippen LogP contribution in [0.25, 0.3) is 0 Å². The number of thiocarbonyl (C=S) groups is 1. The van der Waals surface area contributed by atoms with Gasteiger partial charge in [0.15, 0.2) is 0 Å². The number of imidazole rings is 1. The van der Waals surface area contributed by atoms with Gasteiger partial charge in [-0.3, -0.25) is 0 Å². The molecule has 0 unspecified atom stereocenters. The molecule has 22 heavy (non-hydrogen) atoms. The van der Waals surface area contributed by atoms with Crippen molar-refractivity contribution in [2.24, 2.45) is 0 Å². The van der Waals surface area contributed by atoms with Crippen molar-refractivity contribution in [2.45, 2.75) is 31.2 Å². The molecule has 1 aromatic carbocycles. The summed E-state index contributed by atoms with van der Waals surface area (Å²) in [7, 11) is 1.69. The van der Waals surface area contributed by atoms with Crippen LogP contribution in [0.15, 0.2) is 43.0 Å². The Hall–Kier alpha value is -1.88. The number of aromatic nitrogens is 2. The Morgan fingerprint density at radius 1 is 1.36 bits per heavy atom. The van der Waals surface area contributed by atoms with Gasteiger partial charge < -0.3 is 14.6 Å². The monoisotopic (exact) mass is 315 g/mol. The van der Waals surface area contributed by atoms with E-state index in [4.69, 9.17) is 17.0 Å². The summed E-state index contributed by atoms with van der Waals surface area (Å²) in [5, 5.41) is 3.44. The van der Waals surface area contributed by atoms with Crippen molar-refractivity contribution in [2.75, 3.05) is 13.7 Å². The minimum absolute atomic E-state index is 0.0522. The molecule has 4 nitrogen and oxygen atoms in total. The van der Waals surface area contributed by atoms with Crippen LogP contribution in [0.5, 0.6) is 5.75 Å². The van der Waals surface area contributed by atoms with Gasteiger partial charge in [-0.25, -0.2) is 4.98 Å². The van der Waals surface area contributed by atoms with E-state index in [-0.39, 0.29) is 5.41 Å². The third-order valence-corrected chi connectivity index (χ3v) is 4.80. The van der Waals surface area contributed by atoms with Crippen molar-refractivity contribution >= 4 is 17.2 Å². The third-order valence-electron chi connectivity index (χ3n) is 4.27. The molecular formula is C17H21N3OS. The summed E-state index contributed by atoms with van der Waals surface area (Å²) in [6.45, 7) is 1.86. The maximum Gasteiger partial charge on any atom is 0.118 e. The molecule has 2 aromatic rings. The van der Waals surface area contributed by atoms with E-state index < -0.39 is 0 Å². The van der Waals surface area contributed by atoms with Gasteiger partial charge in [0.2, 0.25) is 0 Å². The molecule has 1 aromatic heterocycles. The van der Waals surface area contributed by atoms with Crippen molar-refractivity contribution in [3.8, 4) is 5.75 Å². The second-order valence-corrected chi connectivity index (χ2v) is 6.13. The molecule has 0 spiro atoms. The van der Waals surface area contributed by atoms with Crippen LogP contribution < -0.4 is 10.1 Å². The second kappa shape index (κ2) is 6.48. The summed E-state index contributed by atoms with van der Waals surface area (Å²) in [6, 6.07) is 8.28. The van der Waals surface area contributed by atoms with Crippen LogP contribution in [0.1, 0.15) is 24.8 Å². The van der Waals surface area contributed by atoms with Gasteiger partial charge in [0.25, 0.3) is 0 Å². The normalized spacial score (nSPS) is 15.3. The molecule has 0 saturated heterocycles. The summed E-state index contributed by atoms with van der Waals surface area (Å²) in [5.41, 5.74) is 1.34. The Morgan fingerprint density at radius 3 is 2.73 bits per heavy atom. The summed E-state index contributed by atoms with van der Waals surface area (Å²) in [5.74, 6) is 0.888. The van der Waals surface area contributed by atoms with Gasteiger partial charge >= 0.3 is 0 Å². The van der Waals surface area contributed by atoms with E-state index >= 15 is 0 Å². The van der Waals surface area contributed by atoms with E-state index in [0.29, 0.717) is 0 Å². The molecule has 0 radical (unpaired) electrons. The van der Waals surface area contributed by atoms with Crippen LogP contribution in [0.3, 0.4) is 0 Å². The fraction of sp³-hybridized carbons (Fsp3) is 0.412. The van der Waals surface area contributed by atoms with Gasteiger partial charge in [0.1, 0.15) is 5.75 Å². The summed E-state index contributed by atoms with van der Waals surface area (Å²) >= 11 is 5.65. The van der Waals surface area contributed by atoms with Crippen molar-refractivity contribution in [1.29, 1.82) is 0 Å². The molecule has 3 rings (SSSR count). The highest BCUT2D eigenvalue weighted by molar-refractivity contribution is 7.80. The minimum Gasteiger partial charge on any atom is -0.497 e. The van der Waals surface area contributed by atoms with Gasteiger partial charge in [0, 0.05) is 30.9 Å². The van der Waals surface area contributed by atoms with E-state index in [0.717, 1.165) is 43.1 Å². The maximum atomic E-state index is 5.65. The number of hydrogen-bond acceptors (Lipinski definition) is 3. The smallest absolute Gasteiger partial charge is 0.118 e. The van der Waals surface area contributed by atoms with Gasteiger partial charge in [-0.15, -0.1) is 0 Å². The predicted octanol–water partition coefficient (Wildman–Crippen LogP) is 2.93.